The highest BCUT2D eigenvalue weighted by Crippen LogP contribution is 2.29. The number of fused-ring (bicyclic) bond motifs is 1. The van der Waals surface area contributed by atoms with Gasteiger partial charge in [-0.2, -0.15) is 0 Å². The molecular formula is C18H21Cl2N3O5S. The minimum atomic E-state index is -4.16. The second-order valence-corrected chi connectivity index (χ2v) is 9.76. The number of halogens is 2. The third kappa shape index (κ3) is 6.27. The Morgan fingerprint density at radius 3 is 2.52 bits per heavy atom. The number of carbonyl (C=O) groups is 2. The maximum Gasteiger partial charge on any atom is 0.323 e. The van der Waals surface area contributed by atoms with E-state index < -0.39 is 33.5 Å². The van der Waals surface area contributed by atoms with Crippen LogP contribution in [0.3, 0.4) is 0 Å². The van der Waals surface area contributed by atoms with E-state index in [1.807, 2.05) is 4.72 Å². The molecule has 0 bridgehead atoms. The smallest absolute Gasteiger partial charge is 0.323 e. The molecule has 0 fully saturated rings. The van der Waals surface area contributed by atoms with Crippen LogP contribution < -0.4 is 10.5 Å². The van der Waals surface area contributed by atoms with Gasteiger partial charge in [0.1, 0.15) is 16.8 Å². The number of nitrogens with zero attached hydrogens (tertiary/aromatic N) is 1. The first-order chi connectivity index (χ1) is 13.3. The van der Waals surface area contributed by atoms with E-state index in [1.165, 1.54) is 24.4 Å². The molecule has 11 heteroatoms. The van der Waals surface area contributed by atoms with Crippen molar-refractivity contribution in [2.75, 3.05) is 0 Å². The Kier molecular flexibility index (Phi) is 7.10. The number of pyridine rings is 1. The zero-order valence-corrected chi connectivity index (χ0v) is 18.4. The number of sulfonamides is 1. The van der Waals surface area contributed by atoms with Crippen molar-refractivity contribution in [3.8, 4) is 0 Å². The summed E-state index contributed by atoms with van der Waals surface area (Å²) in [6.45, 7) is 5.07. The van der Waals surface area contributed by atoms with Crippen molar-refractivity contribution in [3.05, 3.63) is 34.6 Å². The highest BCUT2D eigenvalue weighted by atomic mass is 35.5. The van der Waals surface area contributed by atoms with Gasteiger partial charge in [-0.1, -0.05) is 29.3 Å². The fourth-order valence-corrected chi connectivity index (χ4v) is 3.82. The molecule has 1 amide bonds. The van der Waals surface area contributed by atoms with Crippen LogP contribution in [0.4, 0.5) is 0 Å². The molecule has 1 atom stereocenters. The predicted molar refractivity (Wildman–Crippen MR) is 110 cm³/mol. The first kappa shape index (κ1) is 23.3. The van der Waals surface area contributed by atoms with Gasteiger partial charge in [-0.05, 0) is 39.3 Å². The number of benzene rings is 1. The van der Waals surface area contributed by atoms with Crippen molar-refractivity contribution in [3.63, 3.8) is 0 Å². The van der Waals surface area contributed by atoms with E-state index in [0.717, 1.165) is 0 Å². The lowest BCUT2D eigenvalue weighted by Crippen LogP contribution is -2.39. The molecule has 0 spiro atoms. The number of nitrogens with one attached hydrogen (secondary N) is 1. The summed E-state index contributed by atoms with van der Waals surface area (Å²) in [5.74, 6) is -1.47. The van der Waals surface area contributed by atoms with Crippen molar-refractivity contribution in [2.45, 2.75) is 50.2 Å². The molecule has 0 saturated carbocycles. The fraction of sp³-hybridized carbons (Fsp3) is 0.389. The molecule has 158 valence electrons. The van der Waals surface area contributed by atoms with Crippen LogP contribution in [0.5, 0.6) is 0 Å². The van der Waals surface area contributed by atoms with Gasteiger partial charge in [0.2, 0.25) is 5.91 Å². The van der Waals surface area contributed by atoms with Gasteiger partial charge in [0.15, 0.2) is 0 Å². The standard InChI is InChI=1S/C18H21Cl2N3O5S/c1-18(2,3)28-17(25)14(21)6-7-15(24)23-29(26,27)10-4-5-11-12(8-10)16(20)22-9-13(11)19/h4-5,8-9,14H,6-7,21H2,1-3H3,(H,23,24)/t14-/m0/s1. The summed E-state index contributed by atoms with van der Waals surface area (Å²) in [6, 6.07) is 3.00. The van der Waals surface area contributed by atoms with E-state index in [-0.39, 0.29) is 22.9 Å². The maximum absolute atomic E-state index is 12.5. The summed E-state index contributed by atoms with van der Waals surface area (Å²) >= 11 is 12.0. The van der Waals surface area contributed by atoms with Crippen LogP contribution in [-0.2, 0) is 24.3 Å². The summed E-state index contributed by atoms with van der Waals surface area (Å²) in [5.41, 5.74) is 4.99. The van der Waals surface area contributed by atoms with Crippen molar-refractivity contribution in [2.24, 2.45) is 5.73 Å². The largest absolute Gasteiger partial charge is 0.459 e. The van der Waals surface area contributed by atoms with Crippen LogP contribution in [0.25, 0.3) is 10.8 Å². The van der Waals surface area contributed by atoms with Gasteiger partial charge in [0.25, 0.3) is 10.0 Å². The third-order valence-corrected chi connectivity index (χ3v) is 5.69. The van der Waals surface area contributed by atoms with Crippen molar-refractivity contribution in [1.82, 2.24) is 9.71 Å². The average molecular weight is 462 g/mol. The van der Waals surface area contributed by atoms with Gasteiger partial charge in [-0.3, -0.25) is 9.59 Å². The zero-order valence-electron chi connectivity index (χ0n) is 16.0. The van der Waals surface area contributed by atoms with Gasteiger partial charge in [0, 0.05) is 23.4 Å². The molecule has 3 N–H and O–H groups in total. The molecule has 8 nitrogen and oxygen atoms in total. The number of carbonyl (C=O) groups excluding carboxylic acids is 2. The van der Waals surface area contributed by atoms with Crippen molar-refractivity contribution in [1.29, 1.82) is 0 Å². The Morgan fingerprint density at radius 1 is 1.24 bits per heavy atom. The van der Waals surface area contributed by atoms with E-state index in [4.69, 9.17) is 33.7 Å². The molecular weight excluding hydrogens is 441 g/mol. The highest BCUT2D eigenvalue weighted by molar-refractivity contribution is 7.90. The SMILES string of the molecule is CC(C)(C)OC(=O)[C@@H](N)CCC(=O)NS(=O)(=O)c1ccc2c(Cl)cnc(Cl)c2c1. The minimum absolute atomic E-state index is 0.0701. The van der Waals surface area contributed by atoms with Gasteiger partial charge in [-0.15, -0.1) is 0 Å². The summed E-state index contributed by atoms with van der Waals surface area (Å²) in [7, 11) is -4.16. The molecule has 2 rings (SSSR count). The molecule has 1 aromatic carbocycles. The number of hydrogen-bond donors (Lipinski definition) is 2. The molecule has 0 saturated heterocycles. The topological polar surface area (TPSA) is 128 Å². The Morgan fingerprint density at radius 2 is 1.90 bits per heavy atom. The summed E-state index contributed by atoms with van der Waals surface area (Å²) in [5, 5.41) is 1.26. The van der Waals surface area contributed by atoms with Crippen LogP contribution in [0.15, 0.2) is 29.3 Å². The van der Waals surface area contributed by atoms with Crippen LogP contribution in [-0.4, -0.2) is 36.9 Å². The zero-order chi connectivity index (χ0) is 22.0. The van der Waals surface area contributed by atoms with E-state index in [9.17, 15) is 18.0 Å². The molecule has 0 unspecified atom stereocenters. The highest BCUT2D eigenvalue weighted by Gasteiger charge is 2.24. The molecule has 29 heavy (non-hydrogen) atoms. The van der Waals surface area contributed by atoms with Gasteiger partial charge < -0.3 is 10.5 Å². The van der Waals surface area contributed by atoms with Crippen LogP contribution in [0.2, 0.25) is 10.2 Å². The number of amides is 1. The number of nitrogens with two attached hydrogens (primary N) is 1. The van der Waals surface area contributed by atoms with E-state index in [2.05, 4.69) is 4.98 Å². The fourth-order valence-electron chi connectivity index (χ4n) is 2.36. The number of aromatic nitrogens is 1. The molecule has 0 aliphatic carbocycles. The third-order valence-electron chi connectivity index (χ3n) is 3.71. The van der Waals surface area contributed by atoms with Crippen molar-refractivity contribution < 1.29 is 22.7 Å². The minimum Gasteiger partial charge on any atom is -0.459 e. The summed E-state index contributed by atoms with van der Waals surface area (Å²) in [6.07, 6.45) is 1.01. The lowest BCUT2D eigenvalue weighted by Gasteiger charge is -2.22. The average Bonchev–Trinajstić information content (AvgIpc) is 2.60. The molecule has 0 radical (unpaired) electrons. The molecule has 2 aromatic rings. The Balaban J connectivity index is 2.07. The van der Waals surface area contributed by atoms with E-state index >= 15 is 0 Å². The summed E-state index contributed by atoms with van der Waals surface area (Å²) < 4.78 is 32.1. The van der Waals surface area contributed by atoms with Gasteiger partial charge >= 0.3 is 5.97 Å². The number of esters is 1. The van der Waals surface area contributed by atoms with Crippen LogP contribution >= 0.6 is 23.2 Å². The van der Waals surface area contributed by atoms with Crippen molar-refractivity contribution >= 4 is 55.9 Å². The first-order valence-corrected chi connectivity index (χ1v) is 10.8. The van der Waals surface area contributed by atoms with Crippen LogP contribution in [0, 0.1) is 0 Å². The van der Waals surface area contributed by atoms with Gasteiger partial charge in [-0.25, -0.2) is 18.1 Å². The number of ether oxygens (including phenoxy) is 1. The Labute approximate surface area is 178 Å². The number of hydrogen-bond acceptors (Lipinski definition) is 7. The van der Waals surface area contributed by atoms with Crippen LogP contribution in [0.1, 0.15) is 33.6 Å². The Bertz CT molecular complexity index is 1050. The molecule has 0 aliphatic rings. The first-order valence-electron chi connectivity index (χ1n) is 8.58. The molecule has 1 aromatic heterocycles. The quantitative estimate of drug-likeness (QED) is 0.499. The monoisotopic (exact) mass is 461 g/mol. The molecule has 1 heterocycles. The molecule has 0 aliphatic heterocycles. The lowest BCUT2D eigenvalue weighted by atomic mass is 10.1. The normalized spacial score (nSPS) is 13.2. The lowest BCUT2D eigenvalue weighted by molar-refractivity contribution is -0.156. The van der Waals surface area contributed by atoms with Gasteiger partial charge in [0.05, 0.1) is 9.92 Å². The predicted octanol–water partition coefficient (Wildman–Crippen LogP) is 2.80. The second kappa shape index (κ2) is 8.83. The summed E-state index contributed by atoms with van der Waals surface area (Å²) in [4.78, 5) is 27.6. The van der Waals surface area contributed by atoms with E-state index in [1.54, 1.807) is 20.8 Å². The second-order valence-electron chi connectivity index (χ2n) is 7.31. The maximum atomic E-state index is 12.5. The number of rotatable bonds is 6. The van der Waals surface area contributed by atoms with E-state index in [0.29, 0.717) is 15.8 Å². The Hall–Kier alpha value is -1.94.